The van der Waals surface area contributed by atoms with Crippen LogP contribution in [0.1, 0.15) is 35.6 Å². The number of nitrogens with zero attached hydrogens (tertiary/aromatic N) is 1. The van der Waals surface area contributed by atoms with E-state index in [0.717, 1.165) is 11.1 Å². The number of aryl methyl sites for hydroxylation is 1. The SMILES string of the molecule is Cc1ccc([C@@H](C)C(=O)N2C(=S)OC[C@@H]2c2ccccc2)cc1. The van der Waals surface area contributed by atoms with Crippen molar-refractivity contribution < 1.29 is 9.53 Å². The molecular formula is C19H19NO2S. The number of rotatable bonds is 3. The van der Waals surface area contributed by atoms with Crippen LogP contribution in [0.5, 0.6) is 0 Å². The van der Waals surface area contributed by atoms with Gasteiger partial charge in [-0.1, -0.05) is 60.2 Å². The summed E-state index contributed by atoms with van der Waals surface area (Å²) in [6.07, 6.45) is 0. The van der Waals surface area contributed by atoms with E-state index in [-0.39, 0.29) is 23.0 Å². The quantitative estimate of drug-likeness (QED) is 0.799. The molecule has 118 valence electrons. The van der Waals surface area contributed by atoms with E-state index < -0.39 is 0 Å². The van der Waals surface area contributed by atoms with Crippen LogP contribution < -0.4 is 0 Å². The summed E-state index contributed by atoms with van der Waals surface area (Å²) >= 11 is 5.27. The molecule has 2 atom stereocenters. The predicted octanol–water partition coefficient (Wildman–Crippen LogP) is 3.98. The smallest absolute Gasteiger partial charge is 0.266 e. The Balaban J connectivity index is 1.87. The van der Waals surface area contributed by atoms with Crippen LogP contribution in [0.2, 0.25) is 0 Å². The lowest BCUT2D eigenvalue weighted by atomic mass is 9.97. The maximum Gasteiger partial charge on any atom is 0.266 e. The van der Waals surface area contributed by atoms with Gasteiger partial charge in [-0.05, 0) is 37.2 Å². The first-order valence-corrected chi connectivity index (χ1v) is 8.10. The lowest BCUT2D eigenvalue weighted by Gasteiger charge is -2.25. The number of amides is 1. The summed E-state index contributed by atoms with van der Waals surface area (Å²) in [5.41, 5.74) is 3.20. The standard InChI is InChI=1S/C19H19NO2S/c1-13-8-10-15(11-9-13)14(2)18(21)20-17(12-22-19(20)23)16-6-4-3-5-7-16/h3-11,14,17H,12H2,1-2H3/t14-,17-/m1/s1. The van der Waals surface area contributed by atoms with Gasteiger partial charge in [0.15, 0.2) is 0 Å². The molecule has 1 saturated heterocycles. The fourth-order valence-electron chi connectivity index (χ4n) is 2.79. The molecule has 2 aromatic rings. The van der Waals surface area contributed by atoms with Crippen molar-refractivity contribution in [1.82, 2.24) is 4.90 Å². The van der Waals surface area contributed by atoms with Gasteiger partial charge in [-0.15, -0.1) is 0 Å². The first-order chi connectivity index (χ1) is 11.1. The Bertz CT molecular complexity index is 712. The summed E-state index contributed by atoms with van der Waals surface area (Å²) in [4.78, 5) is 14.6. The van der Waals surface area contributed by atoms with Crippen LogP contribution in [0.3, 0.4) is 0 Å². The van der Waals surface area contributed by atoms with E-state index in [1.165, 1.54) is 5.56 Å². The molecule has 1 heterocycles. The van der Waals surface area contributed by atoms with E-state index in [2.05, 4.69) is 0 Å². The molecule has 1 aliphatic heterocycles. The largest absolute Gasteiger partial charge is 0.468 e. The molecule has 0 aromatic heterocycles. The molecule has 0 N–H and O–H groups in total. The maximum atomic E-state index is 13.0. The van der Waals surface area contributed by atoms with Gasteiger partial charge in [0.05, 0.1) is 12.0 Å². The number of carbonyl (C=O) groups excluding carboxylic acids is 1. The molecule has 0 bridgehead atoms. The molecule has 3 rings (SSSR count). The van der Waals surface area contributed by atoms with Crippen LogP contribution >= 0.6 is 12.2 Å². The molecule has 1 fully saturated rings. The first kappa shape index (κ1) is 15.7. The van der Waals surface area contributed by atoms with Gasteiger partial charge in [0, 0.05) is 0 Å². The van der Waals surface area contributed by atoms with E-state index in [0.29, 0.717) is 6.61 Å². The van der Waals surface area contributed by atoms with E-state index in [1.54, 1.807) is 4.90 Å². The van der Waals surface area contributed by atoms with Gasteiger partial charge in [0.1, 0.15) is 6.61 Å². The molecular weight excluding hydrogens is 306 g/mol. The minimum Gasteiger partial charge on any atom is -0.468 e. The van der Waals surface area contributed by atoms with Crippen LogP contribution in [0.25, 0.3) is 0 Å². The Morgan fingerprint density at radius 1 is 1.17 bits per heavy atom. The second-order valence-corrected chi connectivity index (χ2v) is 6.19. The third-order valence-electron chi connectivity index (χ3n) is 4.24. The van der Waals surface area contributed by atoms with Gasteiger partial charge in [0.25, 0.3) is 5.17 Å². The molecule has 23 heavy (non-hydrogen) atoms. The summed E-state index contributed by atoms with van der Waals surface area (Å²) in [5, 5.41) is 0.266. The summed E-state index contributed by atoms with van der Waals surface area (Å²) in [7, 11) is 0. The molecule has 3 nitrogen and oxygen atoms in total. The third-order valence-corrected chi connectivity index (χ3v) is 4.56. The Kier molecular flexibility index (Phi) is 4.44. The highest BCUT2D eigenvalue weighted by Crippen LogP contribution is 2.31. The van der Waals surface area contributed by atoms with Gasteiger partial charge >= 0.3 is 0 Å². The second-order valence-electron chi connectivity index (χ2n) is 5.84. The molecule has 1 amide bonds. The fourth-order valence-corrected chi connectivity index (χ4v) is 3.08. The summed E-state index contributed by atoms with van der Waals surface area (Å²) in [5.74, 6) is -0.285. The lowest BCUT2D eigenvalue weighted by molar-refractivity contribution is -0.129. The first-order valence-electron chi connectivity index (χ1n) is 7.69. The Morgan fingerprint density at radius 3 is 2.48 bits per heavy atom. The van der Waals surface area contributed by atoms with Crippen LogP contribution in [-0.4, -0.2) is 22.6 Å². The van der Waals surface area contributed by atoms with Gasteiger partial charge < -0.3 is 4.74 Å². The van der Waals surface area contributed by atoms with E-state index >= 15 is 0 Å². The molecule has 0 radical (unpaired) electrons. The van der Waals surface area contributed by atoms with Crippen LogP contribution in [0.4, 0.5) is 0 Å². The zero-order valence-electron chi connectivity index (χ0n) is 13.2. The number of carbonyl (C=O) groups is 1. The molecule has 0 unspecified atom stereocenters. The predicted molar refractivity (Wildman–Crippen MR) is 94.2 cm³/mol. The van der Waals surface area contributed by atoms with Crippen LogP contribution in [0, 0.1) is 6.92 Å². The Hall–Kier alpha value is -2.20. The van der Waals surface area contributed by atoms with Gasteiger partial charge in [0.2, 0.25) is 5.91 Å². The molecule has 1 aliphatic rings. The minimum atomic E-state index is -0.263. The average Bonchev–Trinajstić information content (AvgIpc) is 2.96. The van der Waals surface area contributed by atoms with Crippen molar-refractivity contribution in [2.75, 3.05) is 6.61 Å². The van der Waals surface area contributed by atoms with Crippen molar-refractivity contribution in [1.29, 1.82) is 0 Å². The average molecular weight is 325 g/mol. The fraction of sp³-hybridized carbons (Fsp3) is 0.263. The number of hydrogen-bond donors (Lipinski definition) is 0. The molecule has 4 heteroatoms. The highest BCUT2D eigenvalue weighted by atomic mass is 32.1. The number of thiocarbonyl (C=S) groups is 1. The van der Waals surface area contributed by atoms with Crippen molar-refractivity contribution in [2.45, 2.75) is 25.8 Å². The summed E-state index contributed by atoms with van der Waals surface area (Å²) in [6.45, 7) is 4.36. The second kappa shape index (κ2) is 6.50. The Labute approximate surface area is 141 Å². The summed E-state index contributed by atoms with van der Waals surface area (Å²) in [6, 6.07) is 17.8. The molecule has 0 saturated carbocycles. The highest BCUT2D eigenvalue weighted by Gasteiger charge is 2.38. The van der Waals surface area contributed by atoms with E-state index in [9.17, 15) is 4.79 Å². The van der Waals surface area contributed by atoms with Crippen molar-refractivity contribution in [3.05, 3.63) is 71.3 Å². The van der Waals surface area contributed by atoms with E-state index in [4.69, 9.17) is 17.0 Å². The number of benzene rings is 2. The highest BCUT2D eigenvalue weighted by molar-refractivity contribution is 7.80. The van der Waals surface area contributed by atoms with Crippen LogP contribution in [-0.2, 0) is 9.53 Å². The van der Waals surface area contributed by atoms with Crippen molar-refractivity contribution in [2.24, 2.45) is 0 Å². The van der Waals surface area contributed by atoms with Gasteiger partial charge in [-0.3, -0.25) is 9.69 Å². The minimum absolute atomic E-state index is 0.0230. The monoisotopic (exact) mass is 325 g/mol. The third kappa shape index (κ3) is 3.13. The van der Waals surface area contributed by atoms with Gasteiger partial charge in [-0.25, -0.2) is 0 Å². The zero-order chi connectivity index (χ0) is 16.4. The zero-order valence-corrected chi connectivity index (χ0v) is 14.0. The molecule has 0 aliphatic carbocycles. The number of hydrogen-bond acceptors (Lipinski definition) is 3. The van der Waals surface area contributed by atoms with E-state index in [1.807, 2.05) is 68.4 Å². The van der Waals surface area contributed by atoms with Crippen molar-refractivity contribution >= 4 is 23.3 Å². The van der Waals surface area contributed by atoms with Gasteiger partial charge in [-0.2, -0.15) is 0 Å². The van der Waals surface area contributed by atoms with Crippen molar-refractivity contribution in [3.63, 3.8) is 0 Å². The maximum absolute atomic E-state index is 13.0. The van der Waals surface area contributed by atoms with Crippen LogP contribution in [0.15, 0.2) is 54.6 Å². The van der Waals surface area contributed by atoms with Crippen molar-refractivity contribution in [3.8, 4) is 0 Å². The topological polar surface area (TPSA) is 29.5 Å². The Morgan fingerprint density at radius 2 is 1.83 bits per heavy atom. The normalized spacial score (nSPS) is 18.6. The number of ether oxygens (including phenoxy) is 1. The lowest BCUT2D eigenvalue weighted by Crippen LogP contribution is -2.36. The molecule has 0 spiro atoms. The summed E-state index contributed by atoms with van der Waals surface area (Å²) < 4.78 is 5.50. The molecule has 2 aromatic carbocycles.